The van der Waals surface area contributed by atoms with E-state index in [-0.39, 0.29) is 29.0 Å². The molecule has 1 heterocycles. The molecule has 2 aromatic carbocycles. The van der Waals surface area contributed by atoms with Gasteiger partial charge in [0.05, 0.1) is 11.1 Å². The topological polar surface area (TPSA) is 89.3 Å². The number of benzene rings is 2. The lowest BCUT2D eigenvalue weighted by Gasteiger charge is -2.06. The van der Waals surface area contributed by atoms with Gasteiger partial charge in [0.25, 0.3) is 11.8 Å². The molecule has 0 unspecified atom stereocenters. The van der Waals surface area contributed by atoms with E-state index < -0.39 is 11.8 Å². The van der Waals surface area contributed by atoms with E-state index >= 15 is 0 Å². The summed E-state index contributed by atoms with van der Waals surface area (Å²) in [6.45, 7) is 0. The summed E-state index contributed by atoms with van der Waals surface area (Å²) in [5, 5.41) is 2.19. The molecule has 0 saturated carbocycles. The number of hydrogen-bond acceptors (Lipinski definition) is 4. The lowest BCUT2D eigenvalue weighted by atomic mass is 9.98. The van der Waals surface area contributed by atoms with Crippen LogP contribution in [0.25, 0.3) is 0 Å². The molecule has 110 valence electrons. The van der Waals surface area contributed by atoms with Crippen LogP contribution in [0, 0.1) is 0 Å². The maximum absolute atomic E-state index is 12.3. The Morgan fingerprint density at radius 2 is 1.77 bits per heavy atom. The number of ketones is 1. The van der Waals surface area contributed by atoms with Crippen LogP contribution >= 0.6 is 15.9 Å². The molecule has 0 fully saturated rings. The van der Waals surface area contributed by atoms with Gasteiger partial charge in [-0.15, -0.1) is 0 Å². The quantitative estimate of drug-likeness (QED) is 0.500. The highest BCUT2D eigenvalue weighted by Crippen LogP contribution is 2.25. The molecule has 6 heteroatoms. The highest BCUT2D eigenvalue weighted by molar-refractivity contribution is 9.10. The van der Waals surface area contributed by atoms with Crippen molar-refractivity contribution in [3.8, 4) is 0 Å². The second-order valence-corrected chi connectivity index (χ2v) is 5.91. The summed E-state index contributed by atoms with van der Waals surface area (Å²) in [7, 11) is 0. The van der Waals surface area contributed by atoms with Crippen LogP contribution in [-0.4, -0.2) is 17.6 Å². The molecule has 0 aliphatic carbocycles. The Bertz CT molecular complexity index is 813. The van der Waals surface area contributed by atoms with E-state index in [0.29, 0.717) is 11.1 Å². The van der Waals surface area contributed by atoms with Gasteiger partial charge in [-0.25, -0.2) is 0 Å². The maximum Gasteiger partial charge on any atom is 0.261 e. The molecule has 0 atom stereocenters. The summed E-state index contributed by atoms with van der Waals surface area (Å²) in [6, 6.07) is 10.1. The molecule has 5 nitrogen and oxygen atoms in total. The Labute approximate surface area is 134 Å². The number of amides is 2. The largest absolute Gasteiger partial charge is 0.398 e. The van der Waals surface area contributed by atoms with Gasteiger partial charge in [0.15, 0.2) is 5.78 Å². The normalized spacial score (nSPS) is 13.0. The van der Waals surface area contributed by atoms with Gasteiger partial charge in [0.2, 0.25) is 0 Å². The van der Waals surface area contributed by atoms with E-state index in [1.807, 2.05) is 0 Å². The van der Waals surface area contributed by atoms with Crippen LogP contribution in [0.5, 0.6) is 0 Å². The number of rotatable bonds is 3. The zero-order valence-electron chi connectivity index (χ0n) is 11.4. The molecule has 0 bridgehead atoms. The van der Waals surface area contributed by atoms with Crippen molar-refractivity contribution in [3.05, 3.63) is 63.1 Å². The van der Waals surface area contributed by atoms with Gasteiger partial charge in [0, 0.05) is 22.1 Å². The minimum Gasteiger partial charge on any atom is -0.398 e. The van der Waals surface area contributed by atoms with E-state index in [0.717, 1.165) is 4.47 Å². The van der Waals surface area contributed by atoms with Gasteiger partial charge in [-0.3, -0.25) is 19.7 Å². The van der Waals surface area contributed by atoms with Crippen molar-refractivity contribution in [2.75, 3.05) is 5.73 Å². The van der Waals surface area contributed by atoms with Crippen LogP contribution in [0.4, 0.5) is 5.69 Å². The zero-order valence-corrected chi connectivity index (χ0v) is 12.9. The second kappa shape index (κ2) is 5.38. The molecular formula is C16H11BrN2O3. The van der Waals surface area contributed by atoms with Crippen molar-refractivity contribution in [1.29, 1.82) is 0 Å². The molecule has 1 aliphatic rings. The number of anilines is 1. The zero-order chi connectivity index (χ0) is 15.9. The molecule has 0 aromatic heterocycles. The van der Waals surface area contributed by atoms with Gasteiger partial charge in [0.1, 0.15) is 0 Å². The van der Waals surface area contributed by atoms with Crippen LogP contribution in [-0.2, 0) is 6.42 Å². The molecule has 0 saturated heterocycles. The summed E-state index contributed by atoms with van der Waals surface area (Å²) in [4.78, 5) is 35.6. The number of carbonyl (C=O) groups excluding carboxylic acids is 3. The highest BCUT2D eigenvalue weighted by Gasteiger charge is 2.29. The number of nitrogens with two attached hydrogens (primary N) is 1. The Kier molecular flexibility index (Phi) is 3.54. The van der Waals surface area contributed by atoms with Crippen LogP contribution in [0.2, 0.25) is 0 Å². The molecular weight excluding hydrogens is 348 g/mol. The molecule has 2 amide bonds. The lowest BCUT2D eigenvalue weighted by Crippen LogP contribution is -2.20. The first-order valence-corrected chi connectivity index (χ1v) is 7.32. The van der Waals surface area contributed by atoms with Crippen molar-refractivity contribution < 1.29 is 14.4 Å². The third-order valence-corrected chi connectivity index (χ3v) is 3.99. The maximum atomic E-state index is 12.3. The lowest BCUT2D eigenvalue weighted by molar-refractivity contribution is 0.0878. The number of halogens is 1. The Hall–Kier alpha value is -2.47. The fourth-order valence-corrected chi connectivity index (χ4v) is 2.68. The first-order valence-electron chi connectivity index (χ1n) is 6.52. The summed E-state index contributed by atoms with van der Waals surface area (Å²) >= 11 is 3.31. The predicted octanol–water partition coefficient (Wildman–Crippen LogP) is 2.34. The third-order valence-electron chi connectivity index (χ3n) is 3.46. The number of nitrogens with one attached hydrogen (secondary N) is 1. The molecule has 2 aromatic rings. The number of hydrogen-bond donors (Lipinski definition) is 2. The average Bonchev–Trinajstić information content (AvgIpc) is 2.74. The van der Waals surface area contributed by atoms with Gasteiger partial charge in [-0.05, 0) is 29.8 Å². The smallest absolute Gasteiger partial charge is 0.261 e. The van der Waals surface area contributed by atoms with Gasteiger partial charge >= 0.3 is 0 Å². The van der Waals surface area contributed by atoms with Crippen molar-refractivity contribution in [2.45, 2.75) is 6.42 Å². The predicted molar refractivity (Wildman–Crippen MR) is 84.8 cm³/mol. The van der Waals surface area contributed by atoms with Crippen molar-refractivity contribution >= 4 is 39.2 Å². The van der Waals surface area contributed by atoms with Gasteiger partial charge in [-0.1, -0.05) is 28.1 Å². The molecule has 0 radical (unpaired) electrons. The second-order valence-electron chi connectivity index (χ2n) is 5.00. The third kappa shape index (κ3) is 2.53. The number of nitrogen functional groups attached to an aromatic ring is 1. The molecule has 1 aliphatic heterocycles. The monoisotopic (exact) mass is 358 g/mol. The molecule has 0 spiro atoms. The van der Waals surface area contributed by atoms with Crippen LogP contribution in [0.1, 0.15) is 36.6 Å². The van der Waals surface area contributed by atoms with Gasteiger partial charge < -0.3 is 5.73 Å². The van der Waals surface area contributed by atoms with Crippen molar-refractivity contribution in [1.82, 2.24) is 5.32 Å². The Morgan fingerprint density at radius 1 is 1.09 bits per heavy atom. The van der Waals surface area contributed by atoms with E-state index in [9.17, 15) is 14.4 Å². The minimum atomic E-state index is -0.497. The van der Waals surface area contributed by atoms with E-state index in [4.69, 9.17) is 5.73 Å². The highest BCUT2D eigenvalue weighted by atomic mass is 79.9. The van der Waals surface area contributed by atoms with E-state index in [1.165, 1.54) is 0 Å². The van der Waals surface area contributed by atoms with Crippen LogP contribution in [0.15, 0.2) is 40.9 Å². The Balaban J connectivity index is 1.91. The summed E-state index contributed by atoms with van der Waals surface area (Å²) in [5.41, 5.74) is 7.63. The fraction of sp³-hybridized carbons (Fsp3) is 0.0625. The van der Waals surface area contributed by atoms with Crippen molar-refractivity contribution in [3.63, 3.8) is 0 Å². The SMILES string of the molecule is Nc1cc(CC(=O)c2ccc(Br)cc2)cc2c1C(=O)NC2=O. The van der Waals surface area contributed by atoms with Gasteiger partial charge in [-0.2, -0.15) is 0 Å². The average molecular weight is 359 g/mol. The molecule has 3 rings (SSSR count). The number of carbonyl (C=O) groups is 3. The van der Waals surface area contributed by atoms with Crippen molar-refractivity contribution in [2.24, 2.45) is 0 Å². The Morgan fingerprint density at radius 3 is 2.45 bits per heavy atom. The molecule has 3 N–H and O–H groups in total. The first kappa shape index (κ1) is 14.5. The molecule has 22 heavy (non-hydrogen) atoms. The first-order chi connectivity index (χ1) is 10.5. The number of Topliss-reactive ketones (excluding diaryl/α,β-unsaturated/α-hetero) is 1. The summed E-state index contributed by atoms with van der Waals surface area (Å²) < 4.78 is 0.890. The van der Waals surface area contributed by atoms with Crippen LogP contribution < -0.4 is 11.1 Å². The summed E-state index contributed by atoms with van der Waals surface area (Å²) in [5.74, 6) is -1.07. The fourth-order valence-electron chi connectivity index (χ4n) is 2.42. The van der Waals surface area contributed by atoms with E-state index in [2.05, 4.69) is 21.2 Å². The minimum absolute atomic E-state index is 0.0865. The number of imide groups is 1. The summed E-state index contributed by atoms with van der Waals surface area (Å²) in [6.07, 6.45) is 0.112. The van der Waals surface area contributed by atoms with Crippen LogP contribution in [0.3, 0.4) is 0 Å². The standard InChI is InChI=1S/C16H11BrN2O3/c17-10-3-1-9(2-4-10)13(20)7-8-5-11-14(12(18)6-8)16(22)19-15(11)21/h1-6H,7,18H2,(H,19,21,22). The number of fused-ring (bicyclic) bond motifs is 1. The van der Waals surface area contributed by atoms with E-state index in [1.54, 1.807) is 36.4 Å².